The second-order valence-corrected chi connectivity index (χ2v) is 7.56. The summed E-state index contributed by atoms with van der Waals surface area (Å²) >= 11 is 2.82. The first-order valence-corrected chi connectivity index (χ1v) is 9.40. The maximum absolute atomic E-state index is 12.8. The quantitative estimate of drug-likeness (QED) is 0.470. The summed E-state index contributed by atoms with van der Waals surface area (Å²) in [6.45, 7) is 0. The first-order valence-electron chi connectivity index (χ1n) is 7.76. The predicted octanol–water partition coefficient (Wildman–Crippen LogP) is 3.53. The van der Waals surface area contributed by atoms with Crippen LogP contribution >= 0.6 is 23.1 Å². The van der Waals surface area contributed by atoms with E-state index in [9.17, 15) is 9.90 Å². The van der Waals surface area contributed by atoms with E-state index in [0.717, 1.165) is 19.9 Å². The number of tetrazole rings is 1. The number of carbonyl (C=O) groups excluding carboxylic acids is 1. The number of nitrogens with zero attached hydrogens (tertiary/aromatic N) is 3. The molecule has 0 spiro atoms. The molecule has 0 saturated carbocycles. The molecule has 8 nitrogen and oxygen atoms in total. The SMILES string of the molecule is COc1ccc2sc(C(=O)Nc3nnn[nH]3)c(Sc3ccc(O)cc3)c2c1. The number of aromatic nitrogens is 4. The van der Waals surface area contributed by atoms with E-state index in [4.69, 9.17) is 4.74 Å². The third kappa shape index (κ3) is 3.57. The molecule has 4 rings (SSSR count). The van der Waals surface area contributed by atoms with Gasteiger partial charge in [0.15, 0.2) is 0 Å². The topological polar surface area (TPSA) is 113 Å². The molecular formula is C17H13N5O3S2. The summed E-state index contributed by atoms with van der Waals surface area (Å²) in [6, 6.07) is 12.5. The van der Waals surface area contributed by atoms with Gasteiger partial charge in [0.25, 0.3) is 5.91 Å². The van der Waals surface area contributed by atoms with E-state index < -0.39 is 0 Å². The molecule has 27 heavy (non-hydrogen) atoms. The average Bonchev–Trinajstić information content (AvgIpc) is 3.31. The van der Waals surface area contributed by atoms with Gasteiger partial charge in [0.1, 0.15) is 16.4 Å². The molecule has 136 valence electrons. The molecule has 0 atom stereocenters. The summed E-state index contributed by atoms with van der Waals surface area (Å²) in [7, 11) is 1.60. The van der Waals surface area contributed by atoms with Gasteiger partial charge < -0.3 is 9.84 Å². The summed E-state index contributed by atoms with van der Waals surface area (Å²) < 4.78 is 6.28. The number of hydrogen-bond acceptors (Lipinski definition) is 8. The highest BCUT2D eigenvalue weighted by Gasteiger charge is 2.21. The number of methoxy groups -OCH3 is 1. The fourth-order valence-corrected chi connectivity index (χ4v) is 4.70. The minimum absolute atomic E-state index is 0.177. The third-order valence-corrected chi connectivity index (χ3v) is 6.12. The van der Waals surface area contributed by atoms with Crippen molar-refractivity contribution in [3.63, 3.8) is 0 Å². The maximum Gasteiger partial charge on any atom is 0.269 e. The predicted molar refractivity (Wildman–Crippen MR) is 103 cm³/mol. The Morgan fingerprint density at radius 2 is 2.07 bits per heavy atom. The van der Waals surface area contributed by atoms with Crippen molar-refractivity contribution < 1.29 is 14.6 Å². The summed E-state index contributed by atoms with van der Waals surface area (Å²) in [5.74, 6) is 0.761. The van der Waals surface area contributed by atoms with Gasteiger partial charge in [0.2, 0.25) is 5.95 Å². The van der Waals surface area contributed by atoms with Gasteiger partial charge in [-0.1, -0.05) is 16.9 Å². The number of rotatable bonds is 5. The van der Waals surface area contributed by atoms with E-state index in [1.165, 1.54) is 23.1 Å². The molecule has 2 aromatic heterocycles. The normalized spacial score (nSPS) is 10.9. The van der Waals surface area contributed by atoms with Gasteiger partial charge in [-0.25, -0.2) is 5.10 Å². The van der Waals surface area contributed by atoms with Crippen molar-refractivity contribution >= 4 is 45.0 Å². The number of hydrogen-bond donors (Lipinski definition) is 3. The van der Waals surface area contributed by atoms with Crippen molar-refractivity contribution in [3.05, 3.63) is 47.3 Å². The first-order chi connectivity index (χ1) is 13.1. The lowest BCUT2D eigenvalue weighted by atomic mass is 10.2. The molecule has 2 aromatic carbocycles. The zero-order valence-corrected chi connectivity index (χ0v) is 15.6. The van der Waals surface area contributed by atoms with Crippen molar-refractivity contribution in [3.8, 4) is 11.5 Å². The first kappa shape index (κ1) is 17.3. The molecule has 4 aromatic rings. The highest BCUT2D eigenvalue weighted by molar-refractivity contribution is 7.99. The fourth-order valence-electron chi connectivity index (χ4n) is 2.44. The number of thiophene rings is 1. The zero-order valence-electron chi connectivity index (χ0n) is 14.0. The zero-order chi connectivity index (χ0) is 18.8. The Morgan fingerprint density at radius 3 is 2.78 bits per heavy atom. The summed E-state index contributed by atoms with van der Waals surface area (Å²) in [5, 5.41) is 26.2. The highest BCUT2D eigenvalue weighted by Crippen LogP contribution is 2.43. The van der Waals surface area contributed by atoms with Crippen molar-refractivity contribution in [1.29, 1.82) is 0 Å². The number of benzene rings is 2. The molecule has 1 amide bonds. The molecular weight excluding hydrogens is 386 g/mol. The Morgan fingerprint density at radius 1 is 1.26 bits per heavy atom. The Bertz CT molecular complexity index is 1090. The number of H-pyrrole nitrogens is 1. The standard InChI is InChI=1S/C17H13N5O3S2/c1-25-10-4-7-13-12(8-10)14(26-11-5-2-9(23)3-6-11)15(27-13)16(24)18-17-19-21-22-20-17/h2-8,23H,1H3,(H2,18,19,20,21,22,24). The van der Waals surface area contributed by atoms with Gasteiger partial charge in [0, 0.05) is 19.9 Å². The van der Waals surface area contributed by atoms with Crippen LogP contribution < -0.4 is 10.1 Å². The average molecular weight is 399 g/mol. The smallest absolute Gasteiger partial charge is 0.269 e. The molecule has 0 aliphatic carbocycles. The van der Waals surface area contributed by atoms with Crippen LogP contribution in [0.15, 0.2) is 52.3 Å². The summed E-state index contributed by atoms with van der Waals surface area (Å²) in [6.07, 6.45) is 0. The van der Waals surface area contributed by atoms with Gasteiger partial charge in [0.05, 0.1) is 7.11 Å². The maximum atomic E-state index is 12.8. The molecule has 2 heterocycles. The van der Waals surface area contributed by atoms with E-state index in [1.807, 2.05) is 18.2 Å². The number of aromatic amines is 1. The molecule has 0 bridgehead atoms. The van der Waals surface area contributed by atoms with Crippen LogP contribution in [0.2, 0.25) is 0 Å². The van der Waals surface area contributed by atoms with Gasteiger partial charge in [-0.05, 0) is 52.9 Å². The van der Waals surface area contributed by atoms with Crippen LogP contribution in [0.4, 0.5) is 5.95 Å². The Hall–Kier alpha value is -3.11. The fraction of sp³-hybridized carbons (Fsp3) is 0.0588. The van der Waals surface area contributed by atoms with Gasteiger partial charge in [-0.2, -0.15) is 0 Å². The van der Waals surface area contributed by atoms with Crippen molar-refractivity contribution in [2.24, 2.45) is 0 Å². The van der Waals surface area contributed by atoms with Crippen LogP contribution in [-0.2, 0) is 0 Å². The lowest BCUT2D eigenvalue weighted by molar-refractivity contribution is 0.102. The number of carbonyl (C=O) groups is 1. The number of fused-ring (bicyclic) bond motifs is 1. The van der Waals surface area contributed by atoms with Crippen LogP contribution in [0, 0.1) is 0 Å². The van der Waals surface area contributed by atoms with Crippen molar-refractivity contribution in [2.45, 2.75) is 9.79 Å². The number of amides is 1. The Labute approximate surface area is 161 Å². The molecule has 0 aliphatic heterocycles. The molecule has 0 radical (unpaired) electrons. The summed E-state index contributed by atoms with van der Waals surface area (Å²) in [4.78, 5) is 15.0. The van der Waals surface area contributed by atoms with E-state index >= 15 is 0 Å². The lowest BCUT2D eigenvalue weighted by Gasteiger charge is -2.06. The second kappa shape index (κ2) is 7.25. The van der Waals surface area contributed by atoms with Gasteiger partial charge in [-0.3, -0.25) is 10.1 Å². The van der Waals surface area contributed by atoms with Crippen molar-refractivity contribution in [2.75, 3.05) is 12.4 Å². The van der Waals surface area contributed by atoms with E-state index in [2.05, 4.69) is 25.9 Å². The molecule has 0 fully saturated rings. The molecule has 0 unspecified atom stereocenters. The largest absolute Gasteiger partial charge is 0.508 e. The van der Waals surface area contributed by atoms with E-state index in [1.54, 1.807) is 31.4 Å². The van der Waals surface area contributed by atoms with Crippen LogP contribution in [0.3, 0.4) is 0 Å². The van der Waals surface area contributed by atoms with Crippen LogP contribution in [0.25, 0.3) is 10.1 Å². The third-order valence-electron chi connectivity index (χ3n) is 3.69. The molecule has 10 heteroatoms. The van der Waals surface area contributed by atoms with Crippen molar-refractivity contribution in [1.82, 2.24) is 20.6 Å². The monoisotopic (exact) mass is 399 g/mol. The van der Waals surface area contributed by atoms with Crippen LogP contribution in [0.1, 0.15) is 9.67 Å². The molecule has 0 aliphatic rings. The number of anilines is 1. The number of ether oxygens (including phenoxy) is 1. The van der Waals surface area contributed by atoms with Gasteiger partial charge >= 0.3 is 0 Å². The highest BCUT2D eigenvalue weighted by atomic mass is 32.2. The summed E-state index contributed by atoms with van der Waals surface area (Å²) in [5.41, 5.74) is 0. The van der Waals surface area contributed by atoms with Crippen LogP contribution in [-0.4, -0.2) is 38.7 Å². The second-order valence-electron chi connectivity index (χ2n) is 5.42. The number of nitrogens with one attached hydrogen (secondary N) is 2. The Kier molecular flexibility index (Phi) is 4.65. The molecule has 0 saturated heterocycles. The van der Waals surface area contributed by atoms with E-state index in [0.29, 0.717) is 10.6 Å². The number of phenols is 1. The number of aromatic hydroxyl groups is 1. The number of phenolic OH excluding ortho intramolecular Hbond substituents is 1. The van der Waals surface area contributed by atoms with Crippen LogP contribution in [0.5, 0.6) is 11.5 Å². The van der Waals surface area contributed by atoms with Gasteiger partial charge in [-0.15, -0.1) is 11.3 Å². The Balaban J connectivity index is 1.78. The van der Waals surface area contributed by atoms with E-state index in [-0.39, 0.29) is 17.6 Å². The molecule has 3 N–H and O–H groups in total. The lowest BCUT2D eigenvalue weighted by Crippen LogP contribution is -2.12. The minimum Gasteiger partial charge on any atom is -0.508 e. The minimum atomic E-state index is -0.310.